The molecule has 4 rings (SSSR count). The molecule has 0 unspecified atom stereocenters. The van der Waals surface area contributed by atoms with Crippen molar-refractivity contribution < 1.29 is 5.11 Å². The summed E-state index contributed by atoms with van der Waals surface area (Å²) in [6, 6.07) is 12.8. The minimum absolute atomic E-state index is 0.346. The molecule has 1 heterocycles. The molecule has 0 amide bonds. The Morgan fingerprint density at radius 3 is 2.50 bits per heavy atom. The van der Waals surface area contributed by atoms with Crippen molar-refractivity contribution in [2.24, 2.45) is 5.92 Å². The minimum atomic E-state index is 0.346. The van der Waals surface area contributed by atoms with Crippen molar-refractivity contribution in [3.05, 3.63) is 42.0 Å². The van der Waals surface area contributed by atoms with E-state index in [1.807, 2.05) is 12.1 Å². The molecular formula is C21H28N2O. The van der Waals surface area contributed by atoms with E-state index < -0.39 is 0 Å². The highest BCUT2D eigenvalue weighted by molar-refractivity contribution is 5.88. The molecule has 1 aliphatic heterocycles. The molecule has 2 N–H and O–H groups in total. The lowest BCUT2D eigenvalue weighted by molar-refractivity contribution is 0.102. The van der Waals surface area contributed by atoms with E-state index in [9.17, 15) is 5.11 Å². The largest absolute Gasteiger partial charge is 0.508 e. The molecule has 3 heteroatoms. The van der Waals surface area contributed by atoms with Gasteiger partial charge < -0.3 is 10.4 Å². The van der Waals surface area contributed by atoms with E-state index in [1.54, 1.807) is 0 Å². The van der Waals surface area contributed by atoms with Crippen molar-refractivity contribution in [1.29, 1.82) is 0 Å². The van der Waals surface area contributed by atoms with Crippen LogP contribution in [-0.4, -0.2) is 36.2 Å². The number of piperazine rings is 1. The van der Waals surface area contributed by atoms with Crippen molar-refractivity contribution in [3.8, 4) is 5.75 Å². The summed E-state index contributed by atoms with van der Waals surface area (Å²) in [5, 5.41) is 16.7. The first-order chi connectivity index (χ1) is 11.8. The van der Waals surface area contributed by atoms with E-state index >= 15 is 0 Å². The monoisotopic (exact) mass is 324 g/mol. The van der Waals surface area contributed by atoms with Crippen LogP contribution in [0.15, 0.2) is 36.4 Å². The Balaban J connectivity index is 1.81. The summed E-state index contributed by atoms with van der Waals surface area (Å²) in [5.41, 5.74) is 1.17. The van der Waals surface area contributed by atoms with Crippen molar-refractivity contribution in [3.63, 3.8) is 0 Å². The number of hydrogen-bond acceptors (Lipinski definition) is 3. The van der Waals surface area contributed by atoms with Gasteiger partial charge in [-0.15, -0.1) is 0 Å². The molecule has 128 valence electrons. The van der Waals surface area contributed by atoms with Crippen LogP contribution in [0.3, 0.4) is 0 Å². The van der Waals surface area contributed by atoms with Gasteiger partial charge in [0.15, 0.2) is 0 Å². The summed E-state index contributed by atoms with van der Waals surface area (Å²) in [6.07, 6.45) is 6.61. The molecule has 2 fully saturated rings. The van der Waals surface area contributed by atoms with Gasteiger partial charge in [-0.2, -0.15) is 0 Å². The van der Waals surface area contributed by atoms with Crippen molar-refractivity contribution in [2.75, 3.05) is 26.2 Å². The lowest BCUT2D eigenvalue weighted by Gasteiger charge is -2.41. The SMILES string of the molecule is Oc1ccc2ccccc2c1[C@H](C1CCCCC1)N1CCNCC1. The Morgan fingerprint density at radius 1 is 0.958 bits per heavy atom. The summed E-state index contributed by atoms with van der Waals surface area (Å²) >= 11 is 0. The van der Waals surface area contributed by atoms with Crippen molar-refractivity contribution in [1.82, 2.24) is 10.2 Å². The fraction of sp³-hybridized carbons (Fsp3) is 0.524. The van der Waals surface area contributed by atoms with E-state index in [2.05, 4.69) is 34.5 Å². The average Bonchev–Trinajstić information content (AvgIpc) is 2.66. The van der Waals surface area contributed by atoms with Gasteiger partial charge in [0.25, 0.3) is 0 Å². The van der Waals surface area contributed by atoms with E-state index in [4.69, 9.17) is 0 Å². The number of aromatic hydroxyl groups is 1. The first kappa shape index (κ1) is 15.9. The second-order valence-corrected chi connectivity index (χ2v) is 7.35. The number of phenols is 1. The molecule has 1 saturated heterocycles. The molecule has 24 heavy (non-hydrogen) atoms. The summed E-state index contributed by atoms with van der Waals surface area (Å²) in [6.45, 7) is 4.25. The van der Waals surface area contributed by atoms with E-state index in [-0.39, 0.29) is 0 Å². The molecule has 2 aliphatic rings. The van der Waals surface area contributed by atoms with E-state index in [0.29, 0.717) is 17.7 Å². The Morgan fingerprint density at radius 2 is 1.71 bits per heavy atom. The second-order valence-electron chi connectivity index (χ2n) is 7.35. The fourth-order valence-corrected chi connectivity index (χ4v) is 4.72. The standard InChI is InChI=1S/C21H28N2O/c24-19-11-10-16-6-4-5-9-18(16)20(19)21(17-7-2-1-3-8-17)23-14-12-22-13-15-23/h4-6,9-11,17,21-22,24H,1-3,7-8,12-15H2/t21-/m0/s1. The molecule has 0 radical (unpaired) electrons. The van der Waals surface area contributed by atoms with Gasteiger partial charge in [0.05, 0.1) is 0 Å². The Bertz CT molecular complexity index is 669. The number of rotatable bonds is 3. The Kier molecular flexibility index (Phi) is 4.72. The van der Waals surface area contributed by atoms with Crippen LogP contribution in [0.25, 0.3) is 10.8 Å². The number of phenolic OH excluding ortho intramolecular Hbond substituents is 1. The minimum Gasteiger partial charge on any atom is -0.508 e. The highest BCUT2D eigenvalue weighted by Gasteiger charge is 2.33. The lowest BCUT2D eigenvalue weighted by atomic mass is 9.78. The average molecular weight is 324 g/mol. The van der Waals surface area contributed by atoms with E-state index in [0.717, 1.165) is 26.2 Å². The van der Waals surface area contributed by atoms with Gasteiger partial charge in [0, 0.05) is 37.8 Å². The first-order valence-electron chi connectivity index (χ1n) is 9.50. The number of nitrogens with zero attached hydrogens (tertiary/aromatic N) is 1. The third-order valence-electron chi connectivity index (χ3n) is 5.88. The highest BCUT2D eigenvalue weighted by Crippen LogP contribution is 2.44. The smallest absolute Gasteiger partial charge is 0.121 e. The predicted molar refractivity (Wildman–Crippen MR) is 99.4 cm³/mol. The van der Waals surface area contributed by atoms with Crippen LogP contribution in [0.1, 0.15) is 43.7 Å². The summed E-state index contributed by atoms with van der Waals surface area (Å²) < 4.78 is 0. The predicted octanol–water partition coefficient (Wildman–Crippen LogP) is 4.07. The van der Waals surface area contributed by atoms with E-state index in [1.165, 1.54) is 48.4 Å². The van der Waals surface area contributed by atoms with Crippen molar-refractivity contribution >= 4 is 10.8 Å². The van der Waals surface area contributed by atoms with Crippen LogP contribution in [0.4, 0.5) is 0 Å². The molecule has 2 aromatic rings. The first-order valence-corrected chi connectivity index (χ1v) is 9.50. The zero-order chi connectivity index (χ0) is 16.4. The van der Waals surface area contributed by atoms with Gasteiger partial charge in [0.2, 0.25) is 0 Å². The molecule has 1 saturated carbocycles. The van der Waals surface area contributed by atoms with Crippen molar-refractivity contribution in [2.45, 2.75) is 38.1 Å². The molecule has 2 aromatic carbocycles. The fourth-order valence-electron chi connectivity index (χ4n) is 4.72. The topological polar surface area (TPSA) is 35.5 Å². The summed E-state index contributed by atoms with van der Waals surface area (Å²) in [5.74, 6) is 1.14. The number of benzene rings is 2. The van der Waals surface area contributed by atoms with Gasteiger partial charge >= 0.3 is 0 Å². The van der Waals surface area contributed by atoms with Crippen LogP contribution < -0.4 is 5.32 Å². The van der Waals surface area contributed by atoms with Crippen LogP contribution in [-0.2, 0) is 0 Å². The van der Waals surface area contributed by atoms with Crippen LogP contribution in [0, 0.1) is 5.92 Å². The molecule has 1 atom stereocenters. The maximum absolute atomic E-state index is 10.8. The zero-order valence-corrected chi connectivity index (χ0v) is 14.4. The number of nitrogens with one attached hydrogen (secondary N) is 1. The molecule has 1 aliphatic carbocycles. The third-order valence-corrected chi connectivity index (χ3v) is 5.88. The summed E-state index contributed by atoms with van der Waals surface area (Å²) in [4.78, 5) is 2.62. The lowest BCUT2D eigenvalue weighted by Crippen LogP contribution is -2.47. The van der Waals surface area contributed by atoms with Crippen LogP contribution in [0.2, 0.25) is 0 Å². The molecule has 0 spiro atoms. The highest BCUT2D eigenvalue weighted by atomic mass is 16.3. The van der Waals surface area contributed by atoms with Crippen LogP contribution in [0.5, 0.6) is 5.75 Å². The van der Waals surface area contributed by atoms with Gasteiger partial charge in [-0.1, -0.05) is 49.6 Å². The third kappa shape index (κ3) is 3.03. The number of fused-ring (bicyclic) bond motifs is 1. The van der Waals surface area contributed by atoms with Gasteiger partial charge in [-0.25, -0.2) is 0 Å². The Hall–Kier alpha value is -1.58. The number of hydrogen-bond donors (Lipinski definition) is 2. The maximum atomic E-state index is 10.8. The zero-order valence-electron chi connectivity index (χ0n) is 14.4. The van der Waals surface area contributed by atoms with Gasteiger partial charge in [0.1, 0.15) is 5.75 Å². The molecule has 0 aromatic heterocycles. The summed E-state index contributed by atoms with van der Waals surface area (Å²) in [7, 11) is 0. The quantitative estimate of drug-likeness (QED) is 0.893. The van der Waals surface area contributed by atoms with Crippen LogP contribution >= 0.6 is 0 Å². The molecular weight excluding hydrogens is 296 g/mol. The molecule has 0 bridgehead atoms. The van der Waals surface area contributed by atoms with Gasteiger partial charge in [-0.3, -0.25) is 4.90 Å². The Labute approximate surface area is 144 Å². The van der Waals surface area contributed by atoms with Gasteiger partial charge in [-0.05, 0) is 35.6 Å². The maximum Gasteiger partial charge on any atom is 0.121 e. The molecule has 3 nitrogen and oxygen atoms in total. The normalized spacial score (nSPS) is 21.8. The second kappa shape index (κ2) is 7.12.